The van der Waals surface area contributed by atoms with Gasteiger partial charge in [0, 0.05) is 23.5 Å². The molecule has 1 aromatic rings. The molecule has 23 heavy (non-hydrogen) atoms. The van der Waals surface area contributed by atoms with Crippen molar-refractivity contribution < 1.29 is 4.79 Å². The second-order valence-corrected chi connectivity index (χ2v) is 8.62. The molecule has 2 fully saturated rings. The minimum atomic E-state index is 0.0325. The van der Waals surface area contributed by atoms with Gasteiger partial charge in [-0.25, -0.2) is 0 Å². The van der Waals surface area contributed by atoms with E-state index in [0.29, 0.717) is 5.92 Å². The lowest BCUT2D eigenvalue weighted by molar-refractivity contribution is -0.116. The fraction of sp³-hybridized carbons (Fsp3) is 0.611. The van der Waals surface area contributed by atoms with E-state index in [1.165, 1.54) is 50.3 Å². The van der Waals surface area contributed by atoms with Gasteiger partial charge in [0.1, 0.15) is 0 Å². The maximum absolute atomic E-state index is 11.9. The number of likely N-dealkylation sites (tertiary alicyclic amines) is 1. The summed E-state index contributed by atoms with van der Waals surface area (Å²) < 4.78 is 0. The molecule has 0 spiro atoms. The summed E-state index contributed by atoms with van der Waals surface area (Å²) in [6.07, 6.45) is 8.71. The maximum atomic E-state index is 11.9. The Morgan fingerprint density at radius 2 is 2.04 bits per heavy atom. The summed E-state index contributed by atoms with van der Waals surface area (Å²) in [5, 5.41) is 5.09. The Bertz CT molecular complexity index is 501. The van der Waals surface area contributed by atoms with Gasteiger partial charge in [-0.1, -0.05) is 6.07 Å². The summed E-state index contributed by atoms with van der Waals surface area (Å²) in [4.78, 5) is 15.7. The van der Waals surface area contributed by atoms with Crippen LogP contribution in [0.5, 0.6) is 0 Å². The van der Waals surface area contributed by atoms with E-state index < -0.39 is 0 Å². The Morgan fingerprint density at radius 3 is 2.74 bits per heavy atom. The Hall–Kier alpha value is -0.780. The molecule has 0 saturated carbocycles. The molecule has 2 aliphatic rings. The van der Waals surface area contributed by atoms with Gasteiger partial charge in [0.2, 0.25) is 5.91 Å². The van der Waals surface area contributed by atoms with Crippen LogP contribution in [-0.4, -0.2) is 48.0 Å². The molecule has 0 radical (unpaired) electrons. The van der Waals surface area contributed by atoms with E-state index in [9.17, 15) is 4.79 Å². The van der Waals surface area contributed by atoms with E-state index >= 15 is 0 Å². The first kappa shape index (κ1) is 17.1. The van der Waals surface area contributed by atoms with Crippen LogP contribution in [0.25, 0.3) is 6.08 Å². The molecule has 126 valence electrons. The molecule has 0 aromatic carbocycles. The van der Waals surface area contributed by atoms with Crippen molar-refractivity contribution in [3.05, 3.63) is 28.5 Å². The van der Waals surface area contributed by atoms with Gasteiger partial charge in [0.15, 0.2) is 0 Å². The zero-order valence-corrected chi connectivity index (χ0v) is 15.2. The van der Waals surface area contributed by atoms with Crippen molar-refractivity contribution in [1.29, 1.82) is 0 Å². The lowest BCUT2D eigenvalue weighted by Gasteiger charge is -2.39. The number of thioether (sulfide) groups is 1. The van der Waals surface area contributed by atoms with Crippen LogP contribution >= 0.6 is 23.1 Å². The molecule has 1 N–H and O–H groups in total. The van der Waals surface area contributed by atoms with Crippen LogP contribution < -0.4 is 5.32 Å². The summed E-state index contributed by atoms with van der Waals surface area (Å²) in [5.41, 5.74) is 0. The summed E-state index contributed by atoms with van der Waals surface area (Å²) in [6, 6.07) is 4.84. The second kappa shape index (κ2) is 8.90. The Labute approximate surface area is 147 Å². The van der Waals surface area contributed by atoms with Crippen LogP contribution in [0.15, 0.2) is 23.6 Å². The topological polar surface area (TPSA) is 32.3 Å². The molecule has 2 saturated heterocycles. The smallest absolute Gasteiger partial charge is 0.244 e. The number of carbonyl (C=O) groups is 1. The van der Waals surface area contributed by atoms with Crippen LogP contribution in [0.1, 0.15) is 30.6 Å². The SMILES string of the molecule is O=C(/C=C/c1cccs1)NCC1CCN(C2CCSCC2)CC1. The van der Waals surface area contributed by atoms with E-state index in [0.717, 1.165) is 17.5 Å². The average Bonchev–Trinajstić information content (AvgIpc) is 3.13. The van der Waals surface area contributed by atoms with E-state index in [4.69, 9.17) is 0 Å². The van der Waals surface area contributed by atoms with E-state index in [2.05, 4.69) is 22.0 Å². The molecule has 0 bridgehead atoms. The number of amides is 1. The zero-order chi connectivity index (χ0) is 15.9. The molecule has 0 aliphatic carbocycles. The number of carbonyl (C=O) groups excluding carboxylic acids is 1. The monoisotopic (exact) mass is 350 g/mol. The summed E-state index contributed by atoms with van der Waals surface area (Å²) in [7, 11) is 0. The van der Waals surface area contributed by atoms with Crippen LogP contribution in [0.3, 0.4) is 0 Å². The predicted molar refractivity (Wildman–Crippen MR) is 101 cm³/mol. The summed E-state index contributed by atoms with van der Waals surface area (Å²) >= 11 is 3.75. The summed E-state index contributed by atoms with van der Waals surface area (Å²) in [5.74, 6) is 3.34. The maximum Gasteiger partial charge on any atom is 0.244 e. The fourth-order valence-electron chi connectivity index (χ4n) is 3.42. The summed E-state index contributed by atoms with van der Waals surface area (Å²) in [6.45, 7) is 3.24. The standard InChI is InChI=1S/C18H26N2OS2/c21-18(4-3-17-2-1-11-23-17)19-14-15-5-9-20(10-6-15)16-7-12-22-13-8-16/h1-4,11,15-16H,5-10,12-14H2,(H,19,21)/b4-3+. The van der Waals surface area contributed by atoms with E-state index in [-0.39, 0.29) is 5.91 Å². The Kier molecular flexibility index (Phi) is 6.60. The van der Waals surface area contributed by atoms with Gasteiger partial charge in [0.25, 0.3) is 0 Å². The van der Waals surface area contributed by atoms with E-state index in [1.807, 2.05) is 23.6 Å². The first-order valence-corrected chi connectivity index (χ1v) is 10.7. The Balaban J connectivity index is 1.35. The largest absolute Gasteiger partial charge is 0.352 e. The Morgan fingerprint density at radius 1 is 1.26 bits per heavy atom. The number of piperidine rings is 1. The lowest BCUT2D eigenvalue weighted by Crippen LogP contribution is -2.44. The van der Waals surface area contributed by atoms with Crippen molar-refractivity contribution in [2.75, 3.05) is 31.1 Å². The van der Waals surface area contributed by atoms with Crippen molar-refractivity contribution in [1.82, 2.24) is 10.2 Å². The lowest BCUT2D eigenvalue weighted by atomic mass is 9.94. The molecule has 3 rings (SSSR count). The number of thiophene rings is 1. The molecule has 3 nitrogen and oxygen atoms in total. The molecule has 0 unspecified atom stereocenters. The van der Waals surface area contributed by atoms with Crippen molar-refractivity contribution in [3.63, 3.8) is 0 Å². The second-order valence-electron chi connectivity index (χ2n) is 6.42. The highest BCUT2D eigenvalue weighted by molar-refractivity contribution is 7.99. The highest BCUT2D eigenvalue weighted by atomic mass is 32.2. The third-order valence-electron chi connectivity index (χ3n) is 4.86. The van der Waals surface area contributed by atoms with Crippen molar-refractivity contribution >= 4 is 35.1 Å². The fourth-order valence-corrected chi connectivity index (χ4v) is 5.12. The van der Waals surface area contributed by atoms with Gasteiger partial charge in [-0.2, -0.15) is 11.8 Å². The van der Waals surface area contributed by atoms with Crippen LogP contribution in [0.2, 0.25) is 0 Å². The molecule has 3 heterocycles. The third kappa shape index (κ3) is 5.37. The molecule has 2 aliphatic heterocycles. The highest BCUT2D eigenvalue weighted by Crippen LogP contribution is 2.26. The van der Waals surface area contributed by atoms with Gasteiger partial charge in [0.05, 0.1) is 0 Å². The molecule has 5 heteroatoms. The van der Waals surface area contributed by atoms with Crippen molar-refractivity contribution in [2.45, 2.75) is 31.7 Å². The van der Waals surface area contributed by atoms with Gasteiger partial charge in [-0.3, -0.25) is 4.79 Å². The highest BCUT2D eigenvalue weighted by Gasteiger charge is 2.26. The first-order valence-electron chi connectivity index (χ1n) is 8.62. The first-order chi connectivity index (χ1) is 11.3. The van der Waals surface area contributed by atoms with Gasteiger partial charge in [-0.05, 0) is 73.7 Å². The zero-order valence-electron chi connectivity index (χ0n) is 13.6. The van der Waals surface area contributed by atoms with Crippen LogP contribution in [0.4, 0.5) is 0 Å². The number of hydrogen-bond acceptors (Lipinski definition) is 4. The molecular formula is C18H26N2OS2. The van der Waals surface area contributed by atoms with Crippen LogP contribution in [-0.2, 0) is 4.79 Å². The normalized spacial score (nSPS) is 21.7. The number of nitrogens with zero attached hydrogens (tertiary/aromatic N) is 1. The van der Waals surface area contributed by atoms with Crippen LogP contribution in [0, 0.1) is 5.92 Å². The number of nitrogens with one attached hydrogen (secondary N) is 1. The molecule has 1 amide bonds. The predicted octanol–water partition coefficient (Wildman–Crippen LogP) is 3.49. The molecular weight excluding hydrogens is 324 g/mol. The molecule has 0 atom stereocenters. The van der Waals surface area contributed by atoms with Crippen molar-refractivity contribution in [2.24, 2.45) is 5.92 Å². The quantitative estimate of drug-likeness (QED) is 0.825. The third-order valence-corrected chi connectivity index (χ3v) is 6.75. The van der Waals surface area contributed by atoms with Crippen molar-refractivity contribution in [3.8, 4) is 0 Å². The molecule has 1 aromatic heterocycles. The number of hydrogen-bond donors (Lipinski definition) is 1. The van der Waals surface area contributed by atoms with E-state index in [1.54, 1.807) is 17.4 Å². The van der Waals surface area contributed by atoms with Gasteiger partial charge in [-0.15, -0.1) is 11.3 Å². The van der Waals surface area contributed by atoms with Gasteiger partial charge < -0.3 is 10.2 Å². The minimum Gasteiger partial charge on any atom is -0.352 e. The number of rotatable bonds is 5. The minimum absolute atomic E-state index is 0.0325. The van der Waals surface area contributed by atoms with Gasteiger partial charge >= 0.3 is 0 Å². The average molecular weight is 351 g/mol.